The maximum Gasteiger partial charge on any atom is 0.0246 e. The van der Waals surface area contributed by atoms with Crippen LogP contribution in [-0.4, -0.2) is 30.6 Å². The third kappa shape index (κ3) is 3.56. The van der Waals surface area contributed by atoms with Crippen molar-refractivity contribution in [2.24, 2.45) is 5.41 Å². The lowest BCUT2D eigenvalue weighted by Gasteiger charge is -2.40. The van der Waals surface area contributed by atoms with Crippen molar-refractivity contribution in [2.45, 2.75) is 33.4 Å². The topological polar surface area (TPSA) is 15.3 Å². The number of piperazine rings is 1. The van der Waals surface area contributed by atoms with Crippen molar-refractivity contribution >= 4 is 15.9 Å². The molecule has 1 atom stereocenters. The lowest BCUT2D eigenvalue weighted by molar-refractivity contribution is 0.129. The van der Waals surface area contributed by atoms with Crippen LogP contribution in [0.2, 0.25) is 0 Å². The molecule has 18 heavy (non-hydrogen) atoms. The van der Waals surface area contributed by atoms with Gasteiger partial charge in [-0.25, -0.2) is 0 Å². The Morgan fingerprint density at radius 3 is 2.72 bits per heavy atom. The Hall–Kier alpha value is -0.380. The number of nitrogens with one attached hydrogen (secondary N) is 1. The molecule has 1 aromatic rings. The first-order chi connectivity index (χ1) is 8.47. The molecule has 0 bridgehead atoms. The van der Waals surface area contributed by atoms with Gasteiger partial charge in [0.25, 0.3) is 0 Å². The van der Waals surface area contributed by atoms with Crippen molar-refractivity contribution in [3.63, 3.8) is 0 Å². The van der Waals surface area contributed by atoms with Crippen molar-refractivity contribution in [1.82, 2.24) is 10.2 Å². The molecule has 1 fully saturated rings. The number of hydrogen-bond acceptors (Lipinski definition) is 2. The number of rotatable bonds is 2. The van der Waals surface area contributed by atoms with Crippen molar-refractivity contribution in [1.29, 1.82) is 0 Å². The van der Waals surface area contributed by atoms with Crippen molar-refractivity contribution < 1.29 is 0 Å². The van der Waals surface area contributed by atoms with E-state index in [0.29, 0.717) is 11.5 Å². The fourth-order valence-corrected chi connectivity index (χ4v) is 2.81. The number of halogens is 1. The van der Waals surface area contributed by atoms with Crippen molar-refractivity contribution in [2.75, 3.05) is 19.6 Å². The van der Waals surface area contributed by atoms with Crippen LogP contribution < -0.4 is 5.32 Å². The predicted octanol–water partition coefficient (Wildman–Crippen LogP) is 3.27. The minimum Gasteiger partial charge on any atom is -0.311 e. The molecule has 1 unspecified atom stereocenters. The van der Waals surface area contributed by atoms with Gasteiger partial charge < -0.3 is 5.32 Å². The summed E-state index contributed by atoms with van der Waals surface area (Å²) < 4.78 is 1.22. The molecule has 1 aromatic carbocycles. The summed E-state index contributed by atoms with van der Waals surface area (Å²) in [5.74, 6) is 0. The van der Waals surface area contributed by atoms with Gasteiger partial charge in [0.1, 0.15) is 0 Å². The first-order valence-corrected chi connectivity index (χ1v) is 7.45. The maximum atomic E-state index is 3.64. The first-order valence-electron chi connectivity index (χ1n) is 6.66. The van der Waals surface area contributed by atoms with Gasteiger partial charge in [0.2, 0.25) is 0 Å². The van der Waals surface area contributed by atoms with E-state index in [1.807, 2.05) is 0 Å². The number of nitrogens with zero attached hydrogens (tertiary/aromatic N) is 1. The smallest absolute Gasteiger partial charge is 0.0246 e. The highest BCUT2D eigenvalue weighted by atomic mass is 79.9. The van der Waals surface area contributed by atoms with Gasteiger partial charge in [0, 0.05) is 36.7 Å². The Kier molecular flexibility index (Phi) is 4.46. The molecule has 100 valence electrons. The summed E-state index contributed by atoms with van der Waals surface area (Å²) in [6.45, 7) is 11.3. The molecule has 3 heteroatoms. The minimum atomic E-state index is 0.326. The minimum absolute atomic E-state index is 0.326. The van der Waals surface area contributed by atoms with Crippen LogP contribution in [-0.2, 0) is 6.54 Å². The molecule has 0 radical (unpaired) electrons. The molecular weight excluding hydrogens is 288 g/mol. The molecular formula is C15H23BrN2. The average Bonchev–Trinajstić information content (AvgIpc) is 2.31. The van der Waals surface area contributed by atoms with Crippen LogP contribution in [0.15, 0.2) is 28.7 Å². The van der Waals surface area contributed by atoms with Gasteiger partial charge in [0.15, 0.2) is 0 Å². The highest BCUT2D eigenvalue weighted by Crippen LogP contribution is 2.24. The van der Waals surface area contributed by atoms with E-state index in [4.69, 9.17) is 0 Å². The number of benzene rings is 1. The Bertz CT molecular complexity index is 398. The Balaban J connectivity index is 2.00. The molecule has 1 heterocycles. The van der Waals surface area contributed by atoms with Crippen LogP contribution in [0.25, 0.3) is 0 Å². The van der Waals surface area contributed by atoms with Crippen LogP contribution in [0.1, 0.15) is 26.3 Å². The van der Waals surface area contributed by atoms with Gasteiger partial charge >= 0.3 is 0 Å². The third-order valence-electron chi connectivity index (χ3n) is 3.66. The molecule has 0 spiro atoms. The Labute approximate surface area is 119 Å². The van der Waals surface area contributed by atoms with Crippen molar-refractivity contribution in [3.05, 3.63) is 34.3 Å². The number of hydrogen-bond donors (Lipinski definition) is 1. The van der Waals surface area contributed by atoms with Crippen molar-refractivity contribution in [3.8, 4) is 0 Å². The van der Waals surface area contributed by atoms with E-state index in [9.17, 15) is 0 Å². The SMILES string of the molecule is CC(C)(C)C1CN(Cc2ccccc2Br)CCN1. The normalized spacial score (nSPS) is 22.1. The van der Waals surface area contributed by atoms with Gasteiger partial charge in [-0.1, -0.05) is 54.9 Å². The summed E-state index contributed by atoms with van der Waals surface area (Å²) in [6, 6.07) is 9.10. The molecule has 2 nitrogen and oxygen atoms in total. The monoisotopic (exact) mass is 310 g/mol. The van der Waals surface area contributed by atoms with Gasteiger partial charge in [0.05, 0.1) is 0 Å². The van der Waals surface area contributed by atoms with Crippen LogP contribution in [0, 0.1) is 5.41 Å². The Morgan fingerprint density at radius 2 is 2.06 bits per heavy atom. The average molecular weight is 311 g/mol. The van der Waals surface area contributed by atoms with E-state index in [2.05, 4.69) is 71.2 Å². The summed E-state index contributed by atoms with van der Waals surface area (Å²) >= 11 is 3.64. The summed E-state index contributed by atoms with van der Waals surface area (Å²) in [7, 11) is 0. The largest absolute Gasteiger partial charge is 0.311 e. The molecule has 0 aromatic heterocycles. The quantitative estimate of drug-likeness (QED) is 0.902. The molecule has 1 aliphatic heterocycles. The summed E-state index contributed by atoms with van der Waals surface area (Å²) in [4.78, 5) is 2.55. The third-order valence-corrected chi connectivity index (χ3v) is 4.43. The van der Waals surface area contributed by atoms with Gasteiger partial charge in [-0.05, 0) is 17.0 Å². The fraction of sp³-hybridized carbons (Fsp3) is 0.600. The van der Waals surface area contributed by atoms with Crippen LogP contribution in [0.4, 0.5) is 0 Å². The zero-order valence-electron chi connectivity index (χ0n) is 11.5. The standard InChI is InChI=1S/C15H23BrN2/c1-15(2,3)14-11-18(9-8-17-14)10-12-6-4-5-7-13(12)16/h4-7,14,17H,8-11H2,1-3H3. The molecule has 1 N–H and O–H groups in total. The fourth-order valence-electron chi connectivity index (χ4n) is 2.40. The molecule has 1 aliphatic rings. The first kappa shape index (κ1) is 14.0. The zero-order chi connectivity index (χ0) is 13.2. The summed E-state index contributed by atoms with van der Waals surface area (Å²) in [6.07, 6.45) is 0. The second kappa shape index (κ2) is 5.72. The predicted molar refractivity (Wildman–Crippen MR) is 80.7 cm³/mol. The maximum absolute atomic E-state index is 3.64. The highest BCUT2D eigenvalue weighted by molar-refractivity contribution is 9.10. The zero-order valence-corrected chi connectivity index (χ0v) is 13.1. The lowest BCUT2D eigenvalue weighted by Crippen LogP contribution is -2.55. The van der Waals surface area contributed by atoms with Gasteiger partial charge in [-0.3, -0.25) is 4.90 Å². The van der Waals surface area contributed by atoms with E-state index in [-0.39, 0.29) is 0 Å². The van der Waals surface area contributed by atoms with Crippen LogP contribution >= 0.6 is 15.9 Å². The van der Waals surface area contributed by atoms with E-state index < -0.39 is 0 Å². The van der Waals surface area contributed by atoms with E-state index in [0.717, 1.165) is 26.2 Å². The van der Waals surface area contributed by atoms with Crippen LogP contribution in [0.3, 0.4) is 0 Å². The van der Waals surface area contributed by atoms with Gasteiger partial charge in [-0.15, -0.1) is 0 Å². The molecule has 2 rings (SSSR count). The molecule has 1 saturated heterocycles. The van der Waals surface area contributed by atoms with Gasteiger partial charge in [-0.2, -0.15) is 0 Å². The summed E-state index contributed by atoms with van der Waals surface area (Å²) in [5.41, 5.74) is 1.71. The van der Waals surface area contributed by atoms with Crippen LogP contribution in [0.5, 0.6) is 0 Å². The second-order valence-electron chi connectivity index (χ2n) is 6.20. The van der Waals surface area contributed by atoms with E-state index in [1.165, 1.54) is 10.0 Å². The summed E-state index contributed by atoms with van der Waals surface area (Å²) in [5, 5.41) is 3.64. The van der Waals surface area contributed by atoms with E-state index in [1.54, 1.807) is 0 Å². The Morgan fingerprint density at radius 1 is 1.33 bits per heavy atom. The molecule has 0 aliphatic carbocycles. The highest BCUT2D eigenvalue weighted by Gasteiger charge is 2.29. The molecule has 0 amide bonds. The van der Waals surface area contributed by atoms with E-state index >= 15 is 0 Å². The lowest BCUT2D eigenvalue weighted by atomic mass is 9.85. The molecule has 0 saturated carbocycles. The second-order valence-corrected chi connectivity index (χ2v) is 7.05.